The highest BCUT2D eigenvalue weighted by atomic mass is 79.9. The Bertz CT molecular complexity index is 561. The van der Waals surface area contributed by atoms with Gasteiger partial charge in [-0.1, -0.05) is 70.5 Å². The summed E-state index contributed by atoms with van der Waals surface area (Å²) in [5.74, 6) is 0. The molecule has 0 heterocycles. The van der Waals surface area contributed by atoms with E-state index in [-0.39, 0.29) is 0 Å². The van der Waals surface area contributed by atoms with Crippen molar-refractivity contribution in [3.8, 4) is 11.1 Å². The van der Waals surface area contributed by atoms with Crippen LogP contribution in [0.1, 0.15) is 12.5 Å². The van der Waals surface area contributed by atoms with Crippen molar-refractivity contribution in [3.05, 3.63) is 70.9 Å². The van der Waals surface area contributed by atoms with Crippen molar-refractivity contribution in [1.29, 1.82) is 0 Å². The minimum absolute atomic E-state index is 1.13. The number of allylic oxidation sites excluding steroid dienone is 1. The predicted octanol–water partition coefficient (Wildman–Crippen LogP) is 5.26. The molecule has 2 rings (SSSR count). The van der Waals surface area contributed by atoms with Crippen molar-refractivity contribution < 1.29 is 0 Å². The average molecular weight is 285 g/mol. The first-order chi connectivity index (χ1) is 8.33. The van der Waals surface area contributed by atoms with E-state index in [0.717, 1.165) is 5.57 Å². The minimum atomic E-state index is 1.13. The summed E-state index contributed by atoms with van der Waals surface area (Å²) in [6.45, 7) is 2.07. The molecule has 0 radical (unpaired) electrons. The van der Waals surface area contributed by atoms with E-state index in [1.807, 2.05) is 6.07 Å². The van der Waals surface area contributed by atoms with Gasteiger partial charge in [0, 0.05) is 4.99 Å². The topological polar surface area (TPSA) is 0 Å². The van der Waals surface area contributed by atoms with Crippen LogP contribution in [0.3, 0.4) is 0 Å². The molecule has 1 heteroatoms. The standard InChI is InChI=1S/C16H13Br/c1-13(11-12-17)15-9-5-6-10-16(15)14-7-3-2-4-8-14/h2-10,12H,1H3. The van der Waals surface area contributed by atoms with Crippen molar-refractivity contribution in [2.24, 2.45) is 0 Å². The highest BCUT2D eigenvalue weighted by molar-refractivity contribution is 9.11. The normalized spacial score (nSPS) is 9.53. The van der Waals surface area contributed by atoms with Crippen LogP contribution in [0, 0.1) is 0 Å². The lowest BCUT2D eigenvalue weighted by atomic mass is 9.96. The van der Waals surface area contributed by atoms with Gasteiger partial charge in [-0.2, -0.15) is 0 Å². The lowest BCUT2D eigenvalue weighted by Crippen LogP contribution is -1.85. The highest BCUT2D eigenvalue weighted by Gasteiger charge is 2.04. The second-order valence-corrected chi connectivity index (χ2v) is 4.25. The molecule has 0 amide bonds. The smallest absolute Gasteiger partial charge is 0.0234 e. The van der Waals surface area contributed by atoms with Crippen LogP contribution in [-0.4, -0.2) is 0 Å². The van der Waals surface area contributed by atoms with Gasteiger partial charge < -0.3 is 0 Å². The summed E-state index contributed by atoms with van der Waals surface area (Å²) in [5.41, 5.74) is 8.00. The van der Waals surface area contributed by atoms with Gasteiger partial charge in [-0.3, -0.25) is 0 Å². The van der Waals surface area contributed by atoms with Crippen LogP contribution in [0.5, 0.6) is 0 Å². The van der Waals surface area contributed by atoms with Crippen LogP contribution in [0.4, 0.5) is 0 Å². The van der Waals surface area contributed by atoms with Crippen molar-refractivity contribution in [3.63, 3.8) is 0 Å². The average Bonchev–Trinajstić information content (AvgIpc) is 2.40. The number of benzene rings is 2. The lowest BCUT2D eigenvalue weighted by Gasteiger charge is -2.08. The van der Waals surface area contributed by atoms with Gasteiger partial charge in [-0.15, -0.1) is 5.73 Å². The van der Waals surface area contributed by atoms with E-state index in [9.17, 15) is 0 Å². The van der Waals surface area contributed by atoms with Crippen LogP contribution in [0.15, 0.2) is 65.3 Å². The number of rotatable bonds is 2. The molecular weight excluding hydrogens is 272 g/mol. The molecule has 0 unspecified atom stereocenters. The summed E-state index contributed by atoms with van der Waals surface area (Å²) in [6.07, 6.45) is 0. The molecule has 0 bridgehead atoms. The summed E-state index contributed by atoms with van der Waals surface area (Å²) >= 11 is 3.27. The van der Waals surface area contributed by atoms with Crippen LogP contribution >= 0.6 is 15.9 Å². The molecule has 17 heavy (non-hydrogen) atoms. The molecule has 0 atom stereocenters. The SMILES string of the molecule is CC(=C=CBr)c1ccccc1-c1ccccc1. The van der Waals surface area contributed by atoms with Crippen molar-refractivity contribution in [2.75, 3.05) is 0 Å². The van der Waals surface area contributed by atoms with E-state index in [0.29, 0.717) is 0 Å². The summed E-state index contributed by atoms with van der Waals surface area (Å²) in [7, 11) is 0. The third kappa shape index (κ3) is 2.76. The van der Waals surface area contributed by atoms with Gasteiger partial charge in [-0.25, -0.2) is 0 Å². The van der Waals surface area contributed by atoms with Gasteiger partial charge in [0.15, 0.2) is 0 Å². The largest absolute Gasteiger partial charge is 0.109 e. The molecule has 0 aliphatic rings. The van der Waals surface area contributed by atoms with Crippen LogP contribution in [-0.2, 0) is 0 Å². The Morgan fingerprint density at radius 1 is 1.00 bits per heavy atom. The van der Waals surface area contributed by atoms with Gasteiger partial charge in [-0.05, 0) is 29.2 Å². The summed E-state index contributed by atoms with van der Waals surface area (Å²) in [4.78, 5) is 1.77. The van der Waals surface area contributed by atoms with Crippen molar-refractivity contribution in [1.82, 2.24) is 0 Å². The number of hydrogen-bond acceptors (Lipinski definition) is 0. The molecule has 0 fully saturated rings. The summed E-state index contributed by atoms with van der Waals surface area (Å²) < 4.78 is 0. The minimum Gasteiger partial charge on any atom is -0.109 e. The third-order valence-corrected chi connectivity index (χ3v) is 2.92. The summed E-state index contributed by atoms with van der Waals surface area (Å²) in [5, 5.41) is 0. The van der Waals surface area contributed by atoms with Crippen LogP contribution in [0.25, 0.3) is 16.7 Å². The van der Waals surface area contributed by atoms with E-state index in [2.05, 4.69) is 77.1 Å². The van der Waals surface area contributed by atoms with Crippen molar-refractivity contribution in [2.45, 2.75) is 6.92 Å². The van der Waals surface area contributed by atoms with Crippen LogP contribution in [0.2, 0.25) is 0 Å². The van der Waals surface area contributed by atoms with Gasteiger partial charge in [0.05, 0.1) is 0 Å². The Labute approximate surface area is 110 Å². The zero-order valence-electron chi connectivity index (χ0n) is 9.65. The fourth-order valence-electron chi connectivity index (χ4n) is 1.84. The van der Waals surface area contributed by atoms with Gasteiger partial charge in [0.25, 0.3) is 0 Å². The zero-order valence-corrected chi connectivity index (χ0v) is 11.2. The molecular formula is C16H13Br. The molecule has 84 valence electrons. The Hall–Kier alpha value is -1.56. The molecule has 2 aromatic carbocycles. The van der Waals surface area contributed by atoms with E-state index in [4.69, 9.17) is 0 Å². The van der Waals surface area contributed by atoms with Gasteiger partial charge in [0.1, 0.15) is 0 Å². The highest BCUT2D eigenvalue weighted by Crippen LogP contribution is 2.27. The van der Waals surface area contributed by atoms with E-state index < -0.39 is 0 Å². The van der Waals surface area contributed by atoms with E-state index in [1.165, 1.54) is 16.7 Å². The number of hydrogen-bond donors (Lipinski definition) is 0. The maximum Gasteiger partial charge on any atom is 0.0234 e. The number of halogens is 1. The van der Waals surface area contributed by atoms with Gasteiger partial charge in [0.2, 0.25) is 0 Å². The first-order valence-electron chi connectivity index (χ1n) is 5.49. The quantitative estimate of drug-likeness (QED) is 0.660. The second kappa shape index (κ2) is 5.67. The van der Waals surface area contributed by atoms with E-state index >= 15 is 0 Å². The molecule has 0 aliphatic heterocycles. The van der Waals surface area contributed by atoms with Crippen molar-refractivity contribution >= 4 is 21.5 Å². The fraction of sp³-hybridized carbons (Fsp3) is 0.0625. The molecule has 2 aromatic rings. The first-order valence-corrected chi connectivity index (χ1v) is 6.41. The molecule has 0 aromatic heterocycles. The molecule has 0 N–H and O–H groups in total. The summed E-state index contributed by atoms with van der Waals surface area (Å²) in [6, 6.07) is 18.8. The first kappa shape index (κ1) is 11.9. The molecule has 0 spiro atoms. The Morgan fingerprint density at radius 2 is 1.65 bits per heavy atom. The predicted molar refractivity (Wildman–Crippen MR) is 78.0 cm³/mol. The third-order valence-electron chi connectivity index (χ3n) is 2.69. The monoisotopic (exact) mass is 284 g/mol. The maximum atomic E-state index is 3.27. The van der Waals surface area contributed by atoms with Gasteiger partial charge >= 0.3 is 0 Å². The van der Waals surface area contributed by atoms with Crippen LogP contribution < -0.4 is 0 Å². The molecule has 0 saturated heterocycles. The van der Waals surface area contributed by atoms with E-state index in [1.54, 1.807) is 4.99 Å². The second-order valence-electron chi connectivity index (χ2n) is 3.79. The molecule has 0 nitrogen and oxygen atoms in total. The molecule has 0 aliphatic carbocycles. The zero-order chi connectivity index (χ0) is 12.1. The maximum absolute atomic E-state index is 3.27. The fourth-order valence-corrected chi connectivity index (χ4v) is 2.18. The Kier molecular flexibility index (Phi) is 3.98. The Balaban J connectivity index is 2.60. The Morgan fingerprint density at radius 3 is 2.35 bits per heavy atom. The molecule has 0 saturated carbocycles. The lowest BCUT2D eigenvalue weighted by molar-refractivity contribution is 1.54.